The second kappa shape index (κ2) is 13.9. The standard InChI is InChI=1S/C34H37F4N7OS/c1-19(35)16-44-10-7-22(8-11-44)21-3-5-23(6-4-21)25-14-26(32(37)38)27(29(39)20(25)2)15-41-31(33(46)43-34-40-9-12-47-34)30-28-13-24(36)17-45(28)18-42-30/h3-6,9,12,14-15,18-19,22,24,31-32,39,41H,7-8,10-11,13,16-17H2,1-2H3,(H,40,43,46)/b27-15-,39-29?/t19?,24-,31?/m1/s1. The molecule has 3 aliphatic rings. The smallest absolute Gasteiger partial charge is 0.264 e. The summed E-state index contributed by atoms with van der Waals surface area (Å²) >= 11 is 1.22. The minimum absolute atomic E-state index is 0.0431. The van der Waals surface area contributed by atoms with Gasteiger partial charge >= 0.3 is 0 Å². The molecule has 3 atom stereocenters. The second-order valence-corrected chi connectivity index (χ2v) is 13.2. The molecule has 6 rings (SSSR count). The number of alkyl halides is 4. The first kappa shape index (κ1) is 32.8. The van der Waals surface area contributed by atoms with Crippen LogP contribution in [0.5, 0.6) is 0 Å². The zero-order valence-electron chi connectivity index (χ0n) is 26.1. The van der Waals surface area contributed by atoms with Gasteiger partial charge in [-0.15, -0.1) is 11.3 Å². The molecule has 2 unspecified atom stereocenters. The van der Waals surface area contributed by atoms with Gasteiger partial charge in [0.25, 0.3) is 12.3 Å². The highest BCUT2D eigenvalue weighted by atomic mass is 32.1. The number of halogens is 4. The summed E-state index contributed by atoms with van der Waals surface area (Å²) in [6.07, 6.45) is 2.74. The quantitative estimate of drug-likeness (QED) is 0.211. The van der Waals surface area contributed by atoms with Crippen molar-refractivity contribution in [2.45, 2.75) is 70.4 Å². The zero-order valence-corrected chi connectivity index (χ0v) is 27.0. The van der Waals surface area contributed by atoms with Gasteiger partial charge in [-0.05, 0) is 74.0 Å². The van der Waals surface area contributed by atoms with Crippen molar-refractivity contribution in [2.75, 3.05) is 25.0 Å². The van der Waals surface area contributed by atoms with Gasteiger partial charge in [-0.2, -0.15) is 0 Å². The maximum atomic E-state index is 14.6. The van der Waals surface area contributed by atoms with E-state index in [1.54, 1.807) is 23.8 Å². The third-order valence-electron chi connectivity index (χ3n) is 9.07. The number of anilines is 1. The number of rotatable bonds is 10. The van der Waals surface area contributed by atoms with Gasteiger partial charge in [0.1, 0.15) is 12.3 Å². The van der Waals surface area contributed by atoms with E-state index in [1.807, 2.05) is 24.3 Å². The third kappa shape index (κ3) is 7.10. The largest absolute Gasteiger partial charge is 0.374 e. The molecule has 13 heteroatoms. The number of nitrogens with one attached hydrogen (secondary N) is 3. The van der Waals surface area contributed by atoms with E-state index in [0.717, 1.165) is 37.1 Å². The summed E-state index contributed by atoms with van der Waals surface area (Å²) in [5, 5.41) is 16.6. The van der Waals surface area contributed by atoms with Crippen LogP contribution in [0.2, 0.25) is 0 Å². The number of benzene rings is 1. The summed E-state index contributed by atoms with van der Waals surface area (Å²) in [6.45, 7) is 5.53. The Morgan fingerprint density at radius 3 is 2.57 bits per heavy atom. The van der Waals surface area contributed by atoms with Crippen molar-refractivity contribution >= 4 is 33.7 Å². The number of hydrogen-bond donors (Lipinski definition) is 3. The average Bonchev–Trinajstić information content (AvgIpc) is 3.78. The van der Waals surface area contributed by atoms with Gasteiger partial charge in [-0.3, -0.25) is 15.5 Å². The molecule has 1 fully saturated rings. The molecule has 3 N–H and O–H groups in total. The van der Waals surface area contributed by atoms with E-state index in [9.17, 15) is 22.4 Å². The number of thiazole rings is 1. The normalized spacial score (nSPS) is 21.3. The van der Waals surface area contributed by atoms with Crippen LogP contribution in [-0.2, 0) is 17.8 Å². The lowest BCUT2D eigenvalue weighted by Crippen LogP contribution is -2.36. The van der Waals surface area contributed by atoms with Crippen molar-refractivity contribution in [2.24, 2.45) is 0 Å². The van der Waals surface area contributed by atoms with Gasteiger partial charge in [0.15, 0.2) is 11.2 Å². The summed E-state index contributed by atoms with van der Waals surface area (Å²) in [5.41, 5.74) is 3.26. The number of likely N-dealkylation sites (tertiary alicyclic amines) is 1. The Bertz CT molecular complexity index is 1700. The molecule has 1 amide bonds. The van der Waals surface area contributed by atoms with Gasteiger partial charge in [0.05, 0.1) is 24.3 Å². The van der Waals surface area contributed by atoms with E-state index in [-0.39, 0.29) is 35.5 Å². The Balaban J connectivity index is 1.24. The molecule has 248 valence electrons. The first-order valence-corrected chi connectivity index (χ1v) is 16.6. The Kier molecular flexibility index (Phi) is 9.74. The first-order chi connectivity index (χ1) is 22.6. The van der Waals surface area contributed by atoms with Crippen LogP contribution in [0.3, 0.4) is 0 Å². The molecule has 2 aromatic heterocycles. The van der Waals surface area contributed by atoms with Crippen LogP contribution in [0.1, 0.15) is 61.2 Å². The number of allylic oxidation sites excluding steroid dienone is 5. The van der Waals surface area contributed by atoms with E-state index in [1.165, 1.54) is 36.1 Å². The van der Waals surface area contributed by atoms with Crippen molar-refractivity contribution in [3.8, 4) is 0 Å². The highest BCUT2D eigenvalue weighted by Gasteiger charge is 2.33. The summed E-state index contributed by atoms with van der Waals surface area (Å²) < 4.78 is 58.5. The highest BCUT2D eigenvalue weighted by Crippen LogP contribution is 2.36. The van der Waals surface area contributed by atoms with Gasteiger partial charge in [-0.25, -0.2) is 27.5 Å². The summed E-state index contributed by atoms with van der Waals surface area (Å²) in [5.74, 6) is -0.197. The number of aromatic nitrogens is 3. The van der Waals surface area contributed by atoms with Crippen molar-refractivity contribution in [3.63, 3.8) is 0 Å². The zero-order chi connectivity index (χ0) is 33.2. The molecule has 3 aromatic rings. The molecule has 1 aliphatic carbocycles. The third-order valence-corrected chi connectivity index (χ3v) is 9.75. The molecule has 0 saturated carbocycles. The van der Waals surface area contributed by atoms with Gasteiger partial charge < -0.3 is 14.8 Å². The fourth-order valence-electron chi connectivity index (χ4n) is 6.64. The van der Waals surface area contributed by atoms with E-state index < -0.39 is 30.7 Å². The fraction of sp³-hybridized carbons (Fsp3) is 0.412. The van der Waals surface area contributed by atoms with Crippen LogP contribution >= 0.6 is 11.3 Å². The number of nitrogens with zero attached hydrogens (tertiary/aromatic N) is 4. The Morgan fingerprint density at radius 2 is 1.91 bits per heavy atom. The number of amides is 1. The van der Waals surface area contributed by atoms with Crippen LogP contribution in [0, 0.1) is 5.41 Å². The Morgan fingerprint density at radius 1 is 1.17 bits per heavy atom. The van der Waals surface area contributed by atoms with Crippen LogP contribution in [-0.4, -0.2) is 69.5 Å². The molecule has 47 heavy (non-hydrogen) atoms. The molecule has 1 aromatic carbocycles. The lowest BCUT2D eigenvalue weighted by molar-refractivity contribution is -0.118. The van der Waals surface area contributed by atoms with Crippen molar-refractivity contribution in [3.05, 3.63) is 93.7 Å². The van der Waals surface area contributed by atoms with Crippen molar-refractivity contribution in [1.82, 2.24) is 24.8 Å². The SMILES string of the molecule is CC1=C(c2ccc(C3CCN(CC(C)F)CC3)cc2)C=C(C(F)F)/C(=C/NC(C(=O)Nc2nccs2)c2ncn3c2C[C@@H](F)C3)C1=N. The molecule has 0 bridgehead atoms. The number of fused-ring (bicyclic) bond motifs is 1. The maximum Gasteiger partial charge on any atom is 0.264 e. The van der Waals surface area contributed by atoms with E-state index >= 15 is 0 Å². The molecule has 8 nitrogen and oxygen atoms in total. The minimum atomic E-state index is -2.89. The molecule has 0 radical (unpaired) electrons. The summed E-state index contributed by atoms with van der Waals surface area (Å²) in [4.78, 5) is 24.0. The second-order valence-electron chi connectivity index (χ2n) is 12.3. The highest BCUT2D eigenvalue weighted by molar-refractivity contribution is 7.13. The molecular weight excluding hydrogens is 630 g/mol. The van der Waals surface area contributed by atoms with Crippen LogP contribution in [0.15, 0.2) is 71.2 Å². The molecule has 2 aliphatic heterocycles. The molecular formula is C34H37F4N7OS. The number of carbonyl (C=O) groups is 1. The Hall–Kier alpha value is -4.10. The monoisotopic (exact) mass is 667 g/mol. The van der Waals surface area contributed by atoms with Crippen molar-refractivity contribution < 1.29 is 22.4 Å². The molecule has 1 saturated heterocycles. The number of imidazole rings is 1. The van der Waals surface area contributed by atoms with Gasteiger partial charge in [-0.1, -0.05) is 24.3 Å². The van der Waals surface area contributed by atoms with Crippen LogP contribution < -0.4 is 10.6 Å². The molecule has 0 spiro atoms. The van der Waals surface area contributed by atoms with E-state index in [4.69, 9.17) is 5.41 Å². The average molecular weight is 668 g/mol. The number of hydrogen-bond acceptors (Lipinski definition) is 7. The van der Waals surface area contributed by atoms with E-state index in [0.29, 0.717) is 34.4 Å². The lowest BCUT2D eigenvalue weighted by Gasteiger charge is -2.32. The van der Waals surface area contributed by atoms with Gasteiger partial charge in [0.2, 0.25) is 0 Å². The minimum Gasteiger partial charge on any atom is -0.374 e. The molecule has 4 heterocycles. The van der Waals surface area contributed by atoms with Crippen LogP contribution in [0.4, 0.5) is 22.7 Å². The summed E-state index contributed by atoms with van der Waals surface area (Å²) in [7, 11) is 0. The van der Waals surface area contributed by atoms with Crippen molar-refractivity contribution in [1.29, 1.82) is 5.41 Å². The topological polar surface area (TPSA) is 98.9 Å². The van der Waals surface area contributed by atoms with E-state index in [2.05, 4.69) is 25.5 Å². The lowest BCUT2D eigenvalue weighted by atomic mass is 9.83. The number of carbonyl (C=O) groups excluding carboxylic acids is 1. The summed E-state index contributed by atoms with van der Waals surface area (Å²) in [6, 6.07) is 6.68. The first-order valence-electron chi connectivity index (χ1n) is 15.7. The maximum absolute atomic E-state index is 14.6. The van der Waals surface area contributed by atoms with Crippen LogP contribution in [0.25, 0.3) is 5.57 Å². The fourth-order valence-corrected chi connectivity index (χ4v) is 7.17. The van der Waals surface area contributed by atoms with Gasteiger partial charge in [0, 0.05) is 47.6 Å². The predicted octanol–water partition coefficient (Wildman–Crippen LogP) is 6.62. The number of piperidine rings is 1. The predicted molar refractivity (Wildman–Crippen MR) is 175 cm³/mol. The Labute approximate surface area is 274 Å².